The van der Waals surface area contributed by atoms with Crippen LogP contribution in [0.5, 0.6) is 0 Å². The van der Waals surface area contributed by atoms with E-state index in [0.29, 0.717) is 0 Å². The average Bonchev–Trinajstić information content (AvgIpc) is 3.35. The minimum Gasteiger partial charge on any atom is -0.375 e. The fourth-order valence-electron chi connectivity index (χ4n) is 3.11. The summed E-state index contributed by atoms with van der Waals surface area (Å²) in [6.45, 7) is 2.07. The molecule has 0 saturated carbocycles. The van der Waals surface area contributed by atoms with Crippen LogP contribution in [-0.4, -0.2) is 28.8 Å². The van der Waals surface area contributed by atoms with Crippen molar-refractivity contribution in [2.45, 2.75) is 30.8 Å². The molecule has 1 aliphatic rings. The van der Waals surface area contributed by atoms with Crippen LogP contribution in [0, 0.1) is 0 Å². The highest BCUT2D eigenvalue weighted by atomic mass is 19.4. The minimum absolute atomic E-state index is 0.111. The van der Waals surface area contributed by atoms with Crippen LogP contribution in [0.15, 0.2) is 60.7 Å². The molecule has 1 saturated heterocycles. The van der Waals surface area contributed by atoms with Crippen LogP contribution in [0.2, 0.25) is 0 Å². The molecule has 4 atom stereocenters. The predicted octanol–water partition coefficient (Wildman–Crippen LogP) is 3.88. The summed E-state index contributed by atoms with van der Waals surface area (Å²) in [5.41, 5.74) is -2.02. The summed E-state index contributed by atoms with van der Waals surface area (Å²) in [5, 5.41) is 10.6. The van der Waals surface area contributed by atoms with E-state index in [9.17, 15) is 18.3 Å². The molecule has 1 aliphatic heterocycles. The minimum atomic E-state index is -4.73. The molecule has 122 valence electrons. The summed E-state index contributed by atoms with van der Waals surface area (Å²) in [4.78, 5) is 1.68. The zero-order chi connectivity index (χ0) is 16.7. The van der Waals surface area contributed by atoms with Crippen molar-refractivity contribution in [2.75, 3.05) is 6.54 Å². The SMILES string of the molecule is C[C@@H](c1ccccc1)N1CC1C(O)(c1ccccc1)C(F)(F)F. The normalized spacial score (nSPS) is 24.7. The van der Waals surface area contributed by atoms with Crippen molar-refractivity contribution in [3.8, 4) is 0 Å². The lowest BCUT2D eigenvalue weighted by atomic mass is 9.89. The molecule has 1 heterocycles. The van der Waals surface area contributed by atoms with Crippen molar-refractivity contribution in [1.82, 2.24) is 4.90 Å². The van der Waals surface area contributed by atoms with E-state index in [1.165, 1.54) is 24.3 Å². The van der Waals surface area contributed by atoms with Crippen LogP contribution in [0.1, 0.15) is 24.1 Å². The first-order valence-corrected chi connectivity index (χ1v) is 7.51. The lowest BCUT2D eigenvalue weighted by molar-refractivity contribution is -0.270. The summed E-state index contributed by atoms with van der Waals surface area (Å²) < 4.78 is 40.9. The molecule has 0 bridgehead atoms. The number of hydrogen-bond acceptors (Lipinski definition) is 2. The van der Waals surface area contributed by atoms with Crippen LogP contribution >= 0.6 is 0 Å². The van der Waals surface area contributed by atoms with Gasteiger partial charge in [-0.3, -0.25) is 4.90 Å². The molecular formula is C18H18F3NO. The monoisotopic (exact) mass is 321 g/mol. The third kappa shape index (κ3) is 2.75. The molecule has 0 amide bonds. The zero-order valence-corrected chi connectivity index (χ0v) is 12.7. The van der Waals surface area contributed by atoms with Crippen LogP contribution in [0.25, 0.3) is 0 Å². The molecule has 1 fully saturated rings. The number of nitrogens with zero attached hydrogens (tertiary/aromatic N) is 1. The van der Waals surface area contributed by atoms with E-state index in [2.05, 4.69) is 0 Å². The summed E-state index contributed by atoms with van der Waals surface area (Å²) in [7, 11) is 0. The number of aliphatic hydroxyl groups is 1. The molecule has 0 radical (unpaired) electrons. The van der Waals surface area contributed by atoms with E-state index in [4.69, 9.17) is 0 Å². The van der Waals surface area contributed by atoms with Crippen molar-refractivity contribution >= 4 is 0 Å². The smallest absolute Gasteiger partial charge is 0.375 e. The van der Waals surface area contributed by atoms with Crippen molar-refractivity contribution in [3.05, 3.63) is 71.8 Å². The fraction of sp³-hybridized carbons (Fsp3) is 0.333. The Morgan fingerprint density at radius 3 is 2.04 bits per heavy atom. The Morgan fingerprint density at radius 2 is 1.52 bits per heavy atom. The summed E-state index contributed by atoms with van der Waals surface area (Å²) in [6, 6.07) is 15.5. The summed E-state index contributed by atoms with van der Waals surface area (Å²) in [6.07, 6.45) is -4.73. The predicted molar refractivity (Wildman–Crippen MR) is 81.7 cm³/mol. The van der Waals surface area contributed by atoms with Gasteiger partial charge in [0.25, 0.3) is 0 Å². The Hall–Kier alpha value is -1.85. The van der Waals surface area contributed by atoms with E-state index >= 15 is 0 Å². The molecule has 1 N–H and O–H groups in total. The average molecular weight is 321 g/mol. The molecule has 5 heteroatoms. The van der Waals surface area contributed by atoms with Gasteiger partial charge in [-0.05, 0) is 18.1 Å². The van der Waals surface area contributed by atoms with Gasteiger partial charge in [-0.15, -0.1) is 0 Å². The molecule has 2 aromatic rings. The number of hydrogen-bond donors (Lipinski definition) is 1. The number of rotatable bonds is 4. The Bertz CT molecular complexity index is 659. The molecule has 23 heavy (non-hydrogen) atoms. The van der Waals surface area contributed by atoms with Crippen LogP contribution in [0.3, 0.4) is 0 Å². The third-order valence-corrected chi connectivity index (χ3v) is 4.56. The van der Waals surface area contributed by atoms with Crippen LogP contribution < -0.4 is 0 Å². The maximum Gasteiger partial charge on any atom is 0.423 e. The van der Waals surface area contributed by atoms with Crippen LogP contribution in [-0.2, 0) is 5.60 Å². The zero-order valence-electron chi connectivity index (χ0n) is 12.7. The number of benzene rings is 2. The largest absolute Gasteiger partial charge is 0.423 e. The van der Waals surface area contributed by atoms with E-state index in [0.717, 1.165) is 5.56 Å². The second-order valence-electron chi connectivity index (χ2n) is 5.93. The van der Waals surface area contributed by atoms with Crippen molar-refractivity contribution in [3.63, 3.8) is 0 Å². The molecule has 0 spiro atoms. The maximum atomic E-state index is 13.6. The number of alkyl halides is 3. The fourth-order valence-corrected chi connectivity index (χ4v) is 3.11. The van der Waals surface area contributed by atoms with E-state index in [-0.39, 0.29) is 18.2 Å². The van der Waals surface area contributed by atoms with Gasteiger partial charge >= 0.3 is 6.18 Å². The first kappa shape index (κ1) is 16.0. The van der Waals surface area contributed by atoms with Gasteiger partial charge in [-0.25, -0.2) is 0 Å². The van der Waals surface area contributed by atoms with Gasteiger partial charge < -0.3 is 5.11 Å². The highest BCUT2D eigenvalue weighted by Gasteiger charge is 2.66. The topological polar surface area (TPSA) is 23.2 Å². The Kier molecular flexibility index (Phi) is 3.94. The third-order valence-electron chi connectivity index (χ3n) is 4.56. The van der Waals surface area contributed by atoms with Crippen LogP contribution in [0.4, 0.5) is 13.2 Å². The Labute approximate surface area is 133 Å². The van der Waals surface area contributed by atoms with Gasteiger partial charge in [0.1, 0.15) is 0 Å². The Morgan fingerprint density at radius 1 is 1.00 bits per heavy atom. The molecule has 0 aliphatic carbocycles. The molecule has 3 unspecified atom stereocenters. The first-order chi connectivity index (χ1) is 10.9. The van der Waals surface area contributed by atoms with Crippen molar-refractivity contribution in [2.24, 2.45) is 0 Å². The molecule has 0 aromatic heterocycles. The quantitative estimate of drug-likeness (QED) is 0.864. The maximum absolute atomic E-state index is 13.6. The molecule has 3 rings (SSSR count). The van der Waals surface area contributed by atoms with E-state index in [1.54, 1.807) is 11.0 Å². The van der Waals surface area contributed by atoms with Gasteiger partial charge in [-0.1, -0.05) is 60.7 Å². The second kappa shape index (κ2) is 5.65. The van der Waals surface area contributed by atoms with Crippen molar-refractivity contribution < 1.29 is 18.3 Å². The lowest BCUT2D eigenvalue weighted by Crippen LogP contribution is -2.48. The molecule has 2 nitrogen and oxygen atoms in total. The summed E-state index contributed by atoms with van der Waals surface area (Å²) >= 11 is 0. The van der Waals surface area contributed by atoms with Crippen molar-refractivity contribution in [1.29, 1.82) is 0 Å². The lowest BCUT2D eigenvalue weighted by Gasteiger charge is -2.32. The molecule has 2 aromatic carbocycles. The highest BCUT2D eigenvalue weighted by Crippen LogP contribution is 2.50. The van der Waals surface area contributed by atoms with Gasteiger partial charge in [0.15, 0.2) is 0 Å². The van der Waals surface area contributed by atoms with Gasteiger partial charge in [0, 0.05) is 12.6 Å². The van der Waals surface area contributed by atoms with Gasteiger partial charge in [0.2, 0.25) is 5.60 Å². The first-order valence-electron chi connectivity index (χ1n) is 7.51. The summed E-state index contributed by atoms with van der Waals surface area (Å²) in [5.74, 6) is 0. The number of halogens is 3. The van der Waals surface area contributed by atoms with Gasteiger partial charge in [0.05, 0.1) is 6.04 Å². The van der Waals surface area contributed by atoms with Gasteiger partial charge in [-0.2, -0.15) is 13.2 Å². The second-order valence-corrected chi connectivity index (χ2v) is 5.93. The Balaban J connectivity index is 1.90. The van der Waals surface area contributed by atoms with E-state index in [1.807, 2.05) is 37.3 Å². The van der Waals surface area contributed by atoms with E-state index < -0.39 is 17.8 Å². The highest BCUT2D eigenvalue weighted by molar-refractivity contribution is 5.31. The molecular weight excluding hydrogens is 303 g/mol. The standard InChI is InChI=1S/C18H18F3NO/c1-13(14-8-4-2-5-9-14)22-12-16(22)17(23,18(19,20)21)15-10-6-3-7-11-15/h2-11,13,16,23H,12H2,1H3/t13-,16?,17?,22?/m0/s1.